The molecule has 1 aromatic carbocycles. The van der Waals surface area contributed by atoms with Crippen molar-refractivity contribution in [2.24, 2.45) is 0 Å². The maximum Gasteiger partial charge on any atom is 0.293 e. The average Bonchev–Trinajstić information content (AvgIpc) is 3.37. The van der Waals surface area contributed by atoms with Gasteiger partial charge in [-0.1, -0.05) is 27.8 Å². The van der Waals surface area contributed by atoms with Crippen LogP contribution in [0.4, 0.5) is 10.8 Å². The minimum Gasteiger partial charge on any atom is -0.497 e. The summed E-state index contributed by atoms with van der Waals surface area (Å²) in [5.74, 6) is 0.599. The molecular formula is C16H16N6O3S2. The number of rotatable bonds is 7. The van der Waals surface area contributed by atoms with Gasteiger partial charge in [0.1, 0.15) is 21.2 Å². The Balaban J connectivity index is 2.09. The molecule has 0 amide bonds. The van der Waals surface area contributed by atoms with Crippen molar-refractivity contribution in [3.8, 4) is 17.0 Å². The van der Waals surface area contributed by atoms with Crippen molar-refractivity contribution < 1.29 is 14.6 Å². The number of aliphatic hydroxyl groups excluding tert-OH is 1. The summed E-state index contributed by atoms with van der Waals surface area (Å²) < 4.78 is 10.4. The molecule has 2 aromatic heterocycles. The number of nitriles is 1. The standard InChI is InChI=1S/C16H16N6O3S2/c1-16(8-17,13-20-22-15(25-3)27-13)10-6-9(24-2)4-5-11(10)18-14-21-19-12(7-23)26-14/h4-6,23H,7H2,1-3H3,(H,18,21). The number of aliphatic hydroxyl groups is 1. The molecule has 0 aliphatic rings. The first kappa shape index (κ1) is 19.0. The molecular weight excluding hydrogens is 388 g/mol. The molecule has 0 radical (unpaired) electrons. The molecule has 1 unspecified atom stereocenters. The fourth-order valence-corrected chi connectivity index (χ4v) is 3.76. The van der Waals surface area contributed by atoms with Crippen LogP contribution in [0.5, 0.6) is 10.9 Å². The van der Waals surface area contributed by atoms with Gasteiger partial charge >= 0.3 is 0 Å². The van der Waals surface area contributed by atoms with E-state index in [1.54, 1.807) is 32.2 Å². The van der Waals surface area contributed by atoms with Crippen LogP contribution in [0.3, 0.4) is 0 Å². The lowest BCUT2D eigenvalue weighted by atomic mass is 9.83. The summed E-state index contributed by atoms with van der Waals surface area (Å²) >= 11 is 2.43. The van der Waals surface area contributed by atoms with E-state index in [0.717, 1.165) is 0 Å². The Kier molecular flexibility index (Phi) is 5.50. The van der Waals surface area contributed by atoms with Crippen molar-refractivity contribution in [1.82, 2.24) is 20.4 Å². The highest BCUT2D eigenvalue weighted by Gasteiger charge is 2.36. The minimum absolute atomic E-state index is 0.185. The van der Waals surface area contributed by atoms with Crippen molar-refractivity contribution >= 4 is 33.5 Å². The molecule has 9 nitrogen and oxygen atoms in total. The SMILES string of the molecule is COc1ccc(Nc2nnc(CO)s2)c(C(C)(C#N)c2nnc(OC)s2)c1. The van der Waals surface area contributed by atoms with Gasteiger partial charge in [0.25, 0.3) is 5.19 Å². The fourth-order valence-electron chi connectivity index (χ4n) is 2.37. The van der Waals surface area contributed by atoms with Gasteiger partial charge in [-0.05, 0) is 25.1 Å². The van der Waals surface area contributed by atoms with Crippen LogP contribution in [-0.4, -0.2) is 39.7 Å². The molecule has 0 fully saturated rings. The van der Waals surface area contributed by atoms with Crippen LogP contribution in [0.15, 0.2) is 18.2 Å². The van der Waals surface area contributed by atoms with Crippen molar-refractivity contribution in [2.45, 2.75) is 18.9 Å². The number of hydrogen-bond acceptors (Lipinski definition) is 11. The Labute approximate surface area is 163 Å². The first-order chi connectivity index (χ1) is 13.0. The number of anilines is 2. The lowest BCUT2D eigenvalue weighted by molar-refractivity contribution is 0.280. The number of ether oxygens (including phenoxy) is 2. The summed E-state index contributed by atoms with van der Waals surface area (Å²) in [7, 11) is 3.06. The largest absolute Gasteiger partial charge is 0.497 e. The van der Waals surface area contributed by atoms with E-state index < -0.39 is 5.41 Å². The molecule has 0 spiro atoms. The predicted octanol–water partition coefficient (Wildman–Crippen LogP) is 2.47. The van der Waals surface area contributed by atoms with Gasteiger partial charge in [0.2, 0.25) is 5.13 Å². The number of nitrogens with one attached hydrogen (secondary N) is 1. The second-order valence-electron chi connectivity index (χ2n) is 5.51. The van der Waals surface area contributed by atoms with Gasteiger partial charge in [0.15, 0.2) is 0 Å². The van der Waals surface area contributed by atoms with Crippen LogP contribution in [-0.2, 0) is 12.0 Å². The molecule has 3 rings (SSSR count). The van der Waals surface area contributed by atoms with Gasteiger partial charge in [-0.3, -0.25) is 0 Å². The first-order valence-corrected chi connectivity index (χ1v) is 9.35. The van der Waals surface area contributed by atoms with Crippen LogP contribution in [0.25, 0.3) is 0 Å². The first-order valence-electron chi connectivity index (χ1n) is 7.72. The zero-order valence-corrected chi connectivity index (χ0v) is 16.4. The predicted molar refractivity (Wildman–Crippen MR) is 101 cm³/mol. The van der Waals surface area contributed by atoms with E-state index in [1.807, 2.05) is 0 Å². The number of aromatic nitrogens is 4. The molecule has 0 aliphatic heterocycles. The maximum absolute atomic E-state index is 9.99. The van der Waals surface area contributed by atoms with Gasteiger partial charge in [-0.25, -0.2) is 0 Å². The molecule has 2 heterocycles. The van der Waals surface area contributed by atoms with Crippen LogP contribution in [0, 0.1) is 11.3 Å². The molecule has 2 N–H and O–H groups in total. The highest BCUT2D eigenvalue weighted by Crippen LogP contribution is 2.41. The smallest absolute Gasteiger partial charge is 0.293 e. The number of benzene rings is 1. The Bertz CT molecular complexity index is 983. The summed E-state index contributed by atoms with van der Waals surface area (Å²) in [6.07, 6.45) is 0. The highest BCUT2D eigenvalue weighted by atomic mass is 32.1. The topological polar surface area (TPSA) is 126 Å². The second kappa shape index (κ2) is 7.83. The fraction of sp³-hybridized carbons (Fsp3) is 0.312. The molecule has 1 atom stereocenters. The summed E-state index contributed by atoms with van der Waals surface area (Å²) in [6, 6.07) is 7.67. The third-order valence-electron chi connectivity index (χ3n) is 3.84. The van der Waals surface area contributed by atoms with Crippen LogP contribution < -0.4 is 14.8 Å². The summed E-state index contributed by atoms with van der Waals surface area (Å²) in [6.45, 7) is 1.57. The number of hydrogen-bond donors (Lipinski definition) is 2. The van der Waals surface area contributed by atoms with Crippen LogP contribution in [0.1, 0.15) is 22.5 Å². The zero-order chi connectivity index (χ0) is 19.4. The summed E-state index contributed by atoms with van der Waals surface area (Å²) in [4.78, 5) is 0. The molecule has 0 aliphatic carbocycles. The van der Waals surface area contributed by atoms with E-state index in [1.165, 1.54) is 29.8 Å². The monoisotopic (exact) mass is 404 g/mol. The third kappa shape index (κ3) is 3.68. The van der Waals surface area contributed by atoms with E-state index in [4.69, 9.17) is 9.47 Å². The molecule has 27 heavy (non-hydrogen) atoms. The van der Waals surface area contributed by atoms with Crippen molar-refractivity contribution in [2.75, 3.05) is 19.5 Å². The molecule has 140 valence electrons. The number of nitrogens with zero attached hydrogens (tertiary/aromatic N) is 5. The number of methoxy groups -OCH3 is 2. The normalized spacial score (nSPS) is 12.9. The molecule has 0 saturated heterocycles. The lowest BCUT2D eigenvalue weighted by Crippen LogP contribution is -2.22. The molecule has 0 bridgehead atoms. The molecule has 0 saturated carbocycles. The Morgan fingerprint density at radius 1 is 1.19 bits per heavy atom. The highest BCUT2D eigenvalue weighted by molar-refractivity contribution is 7.15. The van der Waals surface area contributed by atoms with Crippen molar-refractivity contribution in [1.29, 1.82) is 5.26 Å². The summed E-state index contributed by atoms with van der Waals surface area (Å²) in [5.41, 5.74) is 0.189. The second-order valence-corrected chi connectivity index (χ2v) is 7.51. The Morgan fingerprint density at radius 2 is 2.00 bits per heavy atom. The Morgan fingerprint density at radius 3 is 2.59 bits per heavy atom. The third-order valence-corrected chi connectivity index (χ3v) is 5.77. The van der Waals surface area contributed by atoms with Crippen molar-refractivity contribution in [3.05, 3.63) is 33.8 Å². The van der Waals surface area contributed by atoms with E-state index in [-0.39, 0.29) is 6.61 Å². The van der Waals surface area contributed by atoms with Crippen LogP contribution in [0.2, 0.25) is 0 Å². The van der Waals surface area contributed by atoms with E-state index in [9.17, 15) is 10.4 Å². The zero-order valence-electron chi connectivity index (χ0n) is 14.8. The van der Waals surface area contributed by atoms with Gasteiger partial charge in [-0.15, -0.1) is 15.3 Å². The van der Waals surface area contributed by atoms with Gasteiger partial charge in [0, 0.05) is 11.3 Å². The van der Waals surface area contributed by atoms with Gasteiger partial charge in [-0.2, -0.15) is 5.26 Å². The van der Waals surface area contributed by atoms with E-state index >= 15 is 0 Å². The minimum atomic E-state index is -1.10. The van der Waals surface area contributed by atoms with Gasteiger partial charge in [0.05, 0.1) is 26.9 Å². The maximum atomic E-state index is 9.99. The average molecular weight is 404 g/mol. The van der Waals surface area contributed by atoms with Crippen molar-refractivity contribution in [3.63, 3.8) is 0 Å². The Hall–Kier alpha value is -2.81. The van der Waals surface area contributed by atoms with E-state index in [0.29, 0.717) is 37.3 Å². The van der Waals surface area contributed by atoms with E-state index in [2.05, 4.69) is 31.8 Å². The van der Waals surface area contributed by atoms with Crippen LogP contribution >= 0.6 is 22.7 Å². The quantitative estimate of drug-likeness (QED) is 0.610. The molecule has 3 aromatic rings. The van der Waals surface area contributed by atoms with Gasteiger partial charge < -0.3 is 19.9 Å². The lowest BCUT2D eigenvalue weighted by Gasteiger charge is -2.23. The molecule has 11 heteroatoms. The summed E-state index contributed by atoms with van der Waals surface area (Å²) in [5, 5.41) is 40.1.